The van der Waals surface area contributed by atoms with Crippen LogP contribution in [-0.2, 0) is 4.79 Å². The number of hydrogen-bond donors (Lipinski definition) is 0. The van der Waals surface area contributed by atoms with Crippen molar-refractivity contribution >= 4 is 29.1 Å². The van der Waals surface area contributed by atoms with Crippen LogP contribution in [-0.4, -0.2) is 10.9 Å². The maximum atomic E-state index is 11.6. The number of esters is 1. The summed E-state index contributed by atoms with van der Waals surface area (Å²) in [7, 11) is 0. The fourth-order valence-corrected chi connectivity index (χ4v) is 2.20. The molecule has 0 saturated heterocycles. The molecule has 20 heavy (non-hydrogen) atoms. The van der Waals surface area contributed by atoms with E-state index in [1.807, 2.05) is 17.5 Å². The lowest BCUT2D eigenvalue weighted by Crippen LogP contribution is -2.04. The molecule has 0 N–H and O–H groups in total. The summed E-state index contributed by atoms with van der Waals surface area (Å²) in [6.45, 7) is 1.59. The molecule has 0 aliphatic carbocycles. The van der Waals surface area contributed by atoms with Crippen molar-refractivity contribution in [1.82, 2.24) is 0 Å². The van der Waals surface area contributed by atoms with Crippen LogP contribution >= 0.6 is 11.3 Å². The third kappa shape index (κ3) is 3.52. The summed E-state index contributed by atoms with van der Waals surface area (Å²) in [6.07, 6.45) is 2.98. The van der Waals surface area contributed by atoms with Crippen molar-refractivity contribution in [3.05, 3.63) is 62.3 Å². The summed E-state index contributed by atoms with van der Waals surface area (Å²) in [5.74, 6) is -0.236. The first-order valence-corrected chi connectivity index (χ1v) is 6.62. The van der Waals surface area contributed by atoms with E-state index in [4.69, 9.17) is 4.74 Å². The van der Waals surface area contributed by atoms with E-state index in [9.17, 15) is 14.9 Å². The smallest absolute Gasteiger partial charge is 0.336 e. The van der Waals surface area contributed by atoms with Gasteiger partial charge in [-0.15, -0.1) is 11.3 Å². The Morgan fingerprint density at radius 1 is 1.40 bits per heavy atom. The van der Waals surface area contributed by atoms with Gasteiger partial charge in [0.25, 0.3) is 5.69 Å². The molecule has 0 saturated carbocycles. The fourth-order valence-electron chi connectivity index (χ4n) is 1.58. The van der Waals surface area contributed by atoms with Crippen molar-refractivity contribution in [1.29, 1.82) is 0 Å². The van der Waals surface area contributed by atoms with Gasteiger partial charge in [-0.1, -0.05) is 6.07 Å². The molecule has 0 aliphatic rings. The second-order valence-electron chi connectivity index (χ2n) is 3.98. The number of nitrogens with zero attached hydrogens (tertiary/aromatic N) is 1. The molecule has 0 spiro atoms. The Morgan fingerprint density at radius 3 is 2.80 bits per heavy atom. The number of benzene rings is 1. The minimum atomic E-state index is -0.522. The van der Waals surface area contributed by atoms with Crippen molar-refractivity contribution < 1.29 is 14.5 Å². The predicted molar refractivity (Wildman–Crippen MR) is 76.8 cm³/mol. The van der Waals surface area contributed by atoms with Crippen molar-refractivity contribution in [2.24, 2.45) is 0 Å². The van der Waals surface area contributed by atoms with Gasteiger partial charge < -0.3 is 4.74 Å². The Bertz CT molecular complexity index is 662. The van der Waals surface area contributed by atoms with Gasteiger partial charge in [0, 0.05) is 22.6 Å². The summed E-state index contributed by atoms with van der Waals surface area (Å²) in [4.78, 5) is 22.7. The minimum absolute atomic E-state index is 0.000994. The van der Waals surface area contributed by atoms with Gasteiger partial charge in [0.2, 0.25) is 0 Å². The summed E-state index contributed by atoms with van der Waals surface area (Å²) in [5, 5.41) is 12.6. The first-order chi connectivity index (χ1) is 9.56. The van der Waals surface area contributed by atoms with Crippen LogP contribution in [0.15, 0.2) is 41.8 Å². The van der Waals surface area contributed by atoms with Gasteiger partial charge in [-0.05, 0) is 36.6 Å². The lowest BCUT2D eigenvalue weighted by atomic mass is 10.2. The van der Waals surface area contributed by atoms with Crippen LogP contribution in [0.3, 0.4) is 0 Å². The molecule has 0 fully saturated rings. The van der Waals surface area contributed by atoms with Crippen molar-refractivity contribution in [3.8, 4) is 5.75 Å². The summed E-state index contributed by atoms with van der Waals surface area (Å²) in [5.41, 5.74) is 0.446. The summed E-state index contributed by atoms with van der Waals surface area (Å²) in [6, 6.07) is 7.96. The standard InChI is InChI=1S/C14H11NO4S/c1-10-9-11(4-6-13(10)15(17)18)19-14(16)7-5-12-3-2-8-20-12/h2-9H,1H3/b7-5+. The van der Waals surface area contributed by atoms with Crippen molar-refractivity contribution in [2.75, 3.05) is 0 Å². The van der Waals surface area contributed by atoms with E-state index < -0.39 is 10.9 Å². The maximum absolute atomic E-state index is 11.6. The minimum Gasteiger partial charge on any atom is -0.423 e. The van der Waals surface area contributed by atoms with Crippen LogP contribution < -0.4 is 4.74 Å². The van der Waals surface area contributed by atoms with Crippen LogP contribution in [0.4, 0.5) is 5.69 Å². The van der Waals surface area contributed by atoms with E-state index in [0.717, 1.165) is 4.88 Å². The van der Waals surface area contributed by atoms with Crippen LogP contribution in [0.2, 0.25) is 0 Å². The van der Waals surface area contributed by atoms with Gasteiger partial charge in [-0.25, -0.2) is 4.79 Å². The SMILES string of the molecule is Cc1cc(OC(=O)/C=C/c2cccs2)ccc1[N+](=O)[O-]. The lowest BCUT2D eigenvalue weighted by Gasteiger charge is -2.02. The van der Waals surface area contributed by atoms with E-state index in [1.54, 1.807) is 13.0 Å². The number of carbonyl (C=O) groups excluding carboxylic acids is 1. The lowest BCUT2D eigenvalue weighted by molar-refractivity contribution is -0.385. The highest BCUT2D eigenvalue weighted by atomic mass is 32.1. The molecule has 1 aromatic heterocycles. The molecule has 0 atom stereocenters. The van der Waals surface area contributed by atoms with Gasteiger partial charge in [0.1, 0.15) is 5.75 Å². The maximum Gasteiger partial charge on any atom is 0.336 e. The average Bonchev–Trinajstić information content (AvgIpc) is 2.89. The summed E-state index contributed by atoms with van der Waals surface area (Å²) >= 11 is 1.51. The average molecular weight is 289 g/mol. The molecule has 0 aliphatic heterocycles. The zero-order chi connectivity index (χ0) is 14.5. The highest BCUT2D eigenvalue weighted by molar-refractivity contribution is 7.10. The molecule has 2 aromatic rings. The van der Waals surface area contributed by atoms with Crippen LogP contribution in [0.25, 0.3) is 6.08 Å². The molecule has 1 aromatic carbocycles. The van der Waals surface area contributed by atoms with Gasteiger partial charge in [0.05, 0.1) is 4.92 Å². The highest BCUT2D eigenvalue weighted by Gasteiger charge is 2.11. The Morgan fingerprint density at radius 2 is 2.20 bits per heavy atom. The fraction of sp³-hybridized carbons (Fsp3) is 0.0714. The molecule has 0 unspecified atom stereocenters. The number of thiophene rings is 1. The molecule has 2 rings (SSSR count). The Hall–Kier alpha value is -2.47. The molecule has 0 amide bonds. The second-order valence-corrected chi connectivity index (χ2v) is 4.95. The number of hydrogen-bond acceptors (Lipinski definition) is 5. The quantitative estimate of drug-likeness (QED) is 0.283. The first-order valence-electron chi connectivity index (χ1n) is 5.75. The number of rotatable bonds is 4. The Labute approximate surface area is 119 Å². The zero-order valence-electron chi connectivity index (χ0n) is 10.6. The van der Waals surface area contributed by atoms with E-state index in [2.05, 4.69) is 0 Å². The molecule has 1 heterocycles. The van der Waals surface area contributed by atoms with E-state index in [0.29, 0.717) is 5.56 Å². The van der Waals surface area contributed by atoms with E-state index in [-0.39, 0.29) is 11.4 Å². The molecular formula is C14H11NO4S. The van der Waals surface area contributed by atoms with Gasteiger partial charge in [0.15, 0.2) is 0 Å². The van der Waals surface area contributed by atoms with Gasteiger partial charge in [-0.2, -0.15) is 0 Å². The largest absolute Gasteiger partial charge is 0.423 e. The monoisotopic (exact) mass is 289 g/mol. The van der Waals surface area contributed by atoms with Crippen LogP contribution in [0.1, 0.15) is 10.4 Å². The van der Waals surface area contributed by atoms with E-state index in [1.165, 1.54) is 35.6 Å². The number of nitro benzene ring substituents is 1. The number of aryl methyl sites for hydroxylation is 1. The number of carbonyl (C=O) groups is 1. The number of ether oxygens (including phenoxy) is 1. The number of nitro groups is 1. The first kappa shape index (κ1) is 14.0. The molecule has 102 valence electrons. The second kappa shape index (κ2) is 6.12. The van der Waals surface area contributed by atoms with Crippen LogP contribution in [0, 0.1) is 17.0 Å². The molecule has 0 bridgehead atoms. The predicted octanol–water partition coefficient (Wildman–Crippen LogP) is 3.58. The Balaban J connectivity index is 2.05. The molecule has 0 radical (unpaired) electrons. The van der Waals surface area contributed by atoms with Crippen molar-refractivity contribution in [2.45, 2.75) is 6.92 Å². The normalized spacial score (nSPS) is 10.7. The highest BCUT2D eigenvalue weighted by Crippen LogP contribution is 2.23. The van der Waals surface area contributed by atoms with Gasteiger partial charge >= 0.3 is 5.97 Å². The third-order valence-electron chi connectivity index (χ3n) is 2.51. The summed E-state index contributed by atoms with van der Waals surface area (Å²) < 4.78 is 5.08. The Kier molecular flexibility index (Phi) is 4.27. The molecule has 6 heteroatoms. The van der Waals surface area contributed by atoms with Crippen LogP contribution in [0.5, 0.6) is 5.75 Å². The van der Waals surface area contributed by atoms with E-state index >= 15 is 0 Å². The molecular weight excluding hydrogens is 278 g/mol. The topological polar surface area (TPSA) is 69.4 Å². The third-order valence-corrected chi connectivity index (χ3v) is 3.35. The van der Waals surface area contributed by atoms with Gasteiger partial charge in [-0.3, -0.25) is 10.1 Å². The zero-order valence-corrected chi connectivity index (χ0v) is 11.4. The molecule has 5 nitrogen and oxygen atoms in total. The van der Waals surface area contributed by atoms with Crippen molar-refractivity contribution in [3.63, 3.8) is 0 Å².